The SMILES string of the molecule is Cc1coc(CC(=O)O)c1C(=O)NCc1ccc(NC(=O)C(C)C)cc1. The van der Waals surface area contributed by atoms with Crippen LogP contribution in [0.2, 0.25) is 0 Å². The first-order valence-corrected chi connectivity index (χ1v) is 8.24. The van der Waals surface area contributed by atoms with Crippen LogP contribution in [0.5, 0.6) is 0 Å². The first kappa shape index (κ1) is 19.2. The summed E-state index contributed by atoms with van der Waals surface area (Å²) in [7, 11) is 0. The van der Waals surface area contributed by atoms with Crippen LogP contribution in [0, 0.1) is 12.8 Å². The molecule has 138 valence electrons. The van der Waals surface area contributed by atoms with Gasteiger partial charge < -0.3 is 20.2 Å². The summed E-state index contributed by atoms with van der Waals surface area (Å²) in [5.41, 5.74) is 2.38. The van der Waals surface area contributed by atoms with Gasteiger partial charge >= 0.3 is 5.97 Å². The first-order valence-electron chi connectivity index (χ1n) is 8.24. The molecule has 1 aromatic carbocycles. The third kappa shape index (κ3) is 4.95. The maximum atomic E-state index is 12.4. The quantitative estimate of drug-likeness (QED) is 0.705. The maximum Gasteiger partial charge on any atom is 0.311 e. The highest BCUT2D eigenvalue weighted by Gasteiger charge is 2.20. The molecule has 0 bridgehead atoms. The number of carboxylic acids is 1. The van der Waals surface area contributed by atoms with E-state index in [1.807, 2.05) is 13.8 Å². The molecule has 0 saturated carbocycles. The second-order valence-electron chi connectivity index (χ2n) is 6.31. The zero-order chi connectivity index (χ0) is 19.3. The van der Waals surface area contributed by atoms with Crippen LogP contribution in [-0.4, -0.2) is 22.9 Å². The number of aliphatic carboxylic acids is 1. The van der Waals surface area contributed by atoms with Gasteiger partial charge in [0.2, 0.25) is 5.91 Å². The summed E-state index contributed by atoms with van der Waals surface area (Å²) in [6, 6.07) is 7.13. The number of rotatable bonds is 7. The largest absolute Gasteiger partial charge is 0.481 e. The summed E-state index contributed by atoms with van der Waals surface area (Å²) in [5, 5.41) is 14.4. The second kappa shape index (κ2) is 8.33. The van der Waals surface area contributed by atoms with Gasteiger partial charge in [0.05, 0.1) is 11.8 Å². The summed E-state index contributed by atoms with van der Waals surface area (Å²) in [5.74, 6) is -1.48. The average molecular weight is 358 g/mol. The Labute approximate surface area is 151 Å². The van der Waals surface area contributed by atoms with Gasteiger partial charge in [-0.25, -0.2) is 0 Å². The van der Waals surface area contributed by atoms with Crippen molar-refractivity contribution in [2.24, 2.45) is 5.92 Å². The fourth-order valence-electron chi connectivity index (χ4n) is 2.33. The smallest absolute Gasteiger partial charge is 0.311 e. The van der Waals surface area contributed by atoms with Crippen molar-refractivity contribution in [3.63, 3.8) is 0 Å². The van der Waals surface area contributed by atoms with Crippen molar-refractivity contribution in [3.8, 4) is 0 Å². The van der Waals surface area contributed by atoms with E-state index in [1.54, 1.807) is 31.2 Å². The van der Waals surface area contributed by atoms with Gasteiger partial charge in [0, 0.05) is 23.7 Å². The number of aryl methyl sites for hydroxylation is 1. The number of carboxylic acid groups (broad SMARTS) is 1. The predicted octanol–water partition coefficient (Wildman–Crippen LogP) is 2.74. The van der Waals surface area contributed by atoms with Crippen LogP contribution in [0.3, 0.4) is 0 Å². The number of nitrogens with one attached hydrogen (secondary N) is 2. The van der Waals surface area contributed by atoms with Crippen LogP contribution in [-0.2, 0) is 22.6 Å². The summed E-state index contributed by atoms with van der Waals surface area (Å²) < 4.78 is 5.17. The molecule has 1 aromatic heterocycles. The van der Waals surface area contributed by atoms with E-state index in [-0.39, 0.29) is 42.0 Å². The summed E-state index contributed by atoms with van der Waals surface area (Å²) >= 11 is 0. The number of hydrogen-bond donors (Lipinski definition) is 3. The van der Waals surface area contributed by atoms with E-state index in [1.165, 1.54) is 6.26 Å². The van der Waals surface area contributed by atoms with Gasteiger partial charge in [0.1, 0.15) is 12.2 Å². The van der Waals surface area contributed by atoms with E-state index in [9.17, 15) is 14.4 Å². The monoisotopic (exact) mass is 358 g/mol. The van der Waals surface area contributed by atoms with Crippen LogP contribution >= 0.6 is 0 Å². The number of carbonyl (C=O) groups is 3. The lowest BCUT2D eigenvalue weighted by Gasteiger charge is -2.09. The molecular weight excluding hydrogens is 336 g/mol. The zero-order valence-corrected chi connectivity index (χ0v) is 15.0. The molecule has 0 unspecified atom stereocenters. The number of benzene rings is 1. The molecule has 0 radical (unpaired) electrons. The van der Waals surface area contributed by atoms with E-state index in [2.05, 4.69) is 10.6 Å². The zero-order valence-electron chi connectivity index (χ0n) is 15.0. The Bertz CT molecular complexity index is 806. The lowest BCUT2D eigenvalue weighted by atomic mass is 10.1. The second-order valence-corrected chi connectivity index (χ2v) is 6.31. The molecule has 2 aromatic rings. The van der Waals surface area contributed by atoms with Crippen LogP contribution in [0.1, 0.15) is 41.1 Å². The molecule has 2 amide bonds. The molecule has 7 nitrogen and oxygen atoms in total. The van der Waals surface area contributed by atoms with Crippen molar-refractivity contribution in [2.75, 3.05) is 5.32 Å². The minimum Gasteiger partial charge on any atom is -0.481 e. The number of anilines is 1. The van der Waals surface area contributed by atoms with Crippen LogP contribution in [0.25, 0.3) is 0 Å². The number of hydrogen-bond acceptors (Lipinski definition) is 4. The standard InChI is InChI=1S/C19H22N2O5/c1-11(2)18(24)21-14-6-4-13(5-7-14)9-20-19(25)17-12(3)10-26-15(17)8-16(22)23/h4-7,10-11H,8-9H2,1-3H3,(H,20,25)(H,21,24)(H,22,23). The Kier molecular flexibility index (Phi) is 6.16. The van der Waals surface area contributed by atoms with Gasteiger partial charge in [-0.1, -0.05) is 26.0 Å². The molecule has 0 atom stereocenters. The van der Waals surface area contributed by atoms with Crippen molar-refractivity contribution in [2.45, 2.75) is 33.7 Å². The summed E-state index contributed by atoms with van der Waals surface area (Å²) in [6.07, 6.45) is 1.03. The molecule has 2 rings (SSSR count). The highest BCUT2D eigenvalue weighted by atomic mass is 16.4. The molecule has 0 aliphatic heterocycles. The van der Waals surface area contributed by atoms with Crippen LogP contribution < -0.4 is 10.6 Å². The fourth-order valence-corrected chi connectivity index (χ4v) is 2.33. The van der Waals surface area contributed by atoms with Gasteiger partial charge in [0.15, 0.2) is 0 Å². The van der Waals surface area contributed by atoms with E-state index in [0.717, 1.165) is 5.56 Å². The highest BCUT2D eigenvalue weighted by Crippen LogP contribution is 2.18. The lowest BCUT2D eigenvalue weighted by Crippen LogP contribution is -2.24. The van der Waals surface area contributed by atoms with Crippen LogP contribution in [0.15, 0.2) is 34.9 Å². The van der Waals surface area contributed by atoms with Gasteiger partial charge in [-0.05, 0) is 24.6 Å². The Hall–Kier alpha value is -3.09. The molecule has 0 aliphatic rings. The van der Waals surface area contributed by atoms with E-state index in [0.29, 0.717) is 11.3 Å². The lowest BCUT2D eigenvalue weighted by molar-refractivity contribution is -0.136. The topological polar surface area (TPSA) is 109 Å². The fraction of sp³-hybridized carbons (Fsp3) is 0.316. The maximum absolute atomic E-state index is 12.4. The third-order valence-electron chi connectivity index (χ3n) is 3.79. The van der Waals surface area contributed by atoms with Crippen molar-refractivity contribution >= 4 is 23.5 Å². The molecule has 0 fully saturated rings. The summed E-state index contributed by atoms with van der Waals surface area (Å²) in [6.45, 7) is 5.59. The molecule has 7 heteroatoms. The predicted molar refractivity (Wildman–Crippen MR) is 95.9 cm³/mol. The minimum absolute atomic E-state index is 0.0626. The Morgan fingerprint density at radius 1 is 1.15 bits per heavy atom. The van der Waals surface area contributed by atoms with Crippen molar-refractivity contribution < 1.29 is 23.9 Å². The van der Waals surface area contributed by atoms with Gasteiger partial charge in [-0.3, -0.25) is 14.4 Å². The van der Waals surface area contributed by atoms with Crippen molar-refractivity contribution in [1.29, 1.82) is 0 Å². The van der Waals surface area contributed by atoms with Gasteiger partial charge in [-0.15, -0.1) is 0 Å². The molecule has 0 saturated heterocycles. The van der Waals surface area contributed by atoms with Crippen molar-refractivity contribution in [1.82, 2.24) is 5.32 Å². The molecule has 3 N–H and O–H groups in total. The van der Waals surface area contributed by atoms with Crippen LogP contribution in [0.4, 0.5) is 5.69 Å². The molecular formula is C19H22N2O5. The average Bonchev–Trinajstić information content (AvgIpc) is 2.93. The molecule has 1 heterocycles. The van der Waals surface area contributed by atoms with Gasteiger partial charge in [-0.2, -0.15) is 0 Å². The number of amides is 2. The number of carbonyl (C=O) groups excluding carboxylic acids is 2. The van der Waals surface area contributed by atoms with E-state index < -0.39 is 5.97 Å². The first-order chi connectivity index (χ1) is 12.3. The van der Waals surface area contributed by atoms with Gasteiger partial charge in [0.25, 0.3) is 5.91 Å². The van der Waals surface area contributed by atoms with E-state index >= 15 is 0 Å². The van der Waals surface area contributed by atoms with E-state index in [4.69, 9.17) is 9.52 Å². The Morgan fingerprint density at radius 3 is 2.38 bits per heavy atom. The molecule has 0 aliphatic carbocycles. The highest BCUT2D eigenvalue weighted by molar-refractivity contribution is 5.97. The summed E-state index contributed by atoms with van der Waals surface area (Å²) in [4.78, 5) is 34.9. The van der Waals surface area contributed by atoms with Crippen molar-refractivity contribution in [3.05, 3.63) is 53.0 Å². The molecule has 0 spiro atoms. The number of furan rings is 1. The Morgan fingerprint density at radius 2 is 1.81 bits per heavy atom. The minimum atomic E-state index is -1.06. The third-order valence-corrected chi connectivity index (χ3v) is 3.79. The molecule has 26 heavy (non-hydrogen) atoms. The normalized spacial score (nSPS) is 10.6. The Balaban J connectivity index is 1.99.